The van der Waals surface area contributed by atoms with Crippen LogP contribution in [-0.2, 0) is 7.05 Å². The minimum atomic E-state index is 0.805. The Balaban J connectivity index is 1.78. The smallest absolute Gasteiger partial charge is 0.203 e. The molecule has 0 radical (unpaired) electrons. The second kappa shape index (κ2) is 4.61. The van der Waals surface area contributed by atoms with Crippen molar-refractivity contribution in [1.82, 2.24) is 9.55 Å². The van der Waals surface area contributed by atoms with E-state index in [0.717, 1.165) is 23.9 Å². The number of hydrogen-bond acceptors (Lipinski definition) is 3. The molecule has 17 heavy (non-hydrogen) atoms. The largest absolute Gasteiger partial charge is 0.355 e. The number of aryl methyl sites for hydroxylation is 1. The summed E-state index contributed by atoms with van der Waals surface area (Å²) in [5.41, 5.74) is 2.26. The molecule has 3 rings (SSSR count). The van der Waals surface area contributed by atoms with Crippen molar-refractivity contribution < 1.29 is 0 Å². The van der Waals surface area contributed by atoms with E-state index in [1.807, 2.05) is 6.07 Å². The van der Waals surface area contributed by atoms with Crippen LogP contribution in [0.1, 0.15) is 6.42 Å². The number of aromatic nitrogens is 2. The second-order valence-electron chi connectivity index (χ2n) is 4.59. The average molecular weight is 247 g/mol. The monoisotopic (exact) mass is 247 g/mol. The lowest BCUT2D eigenvalue weighted by atomic mass is 10.1. The molecule has 90 valence electrons. The number of benzene rings is 1. The van der Waals surface area contributed by atoms with Gasteiger partial charge in [-0.15, -0.1) is 0 Å². The highest BCUT2D eigenvalue weighted by Gasteiger charge is 2.16. The first-order chi connectivity index (χ1) is 8.34. The van der Waals surface area contributed by atoms with Gasteiger partial charge in [0.25, 0.3) is 0 Å². The van der Waals surface area contributed by atoms with E-state index in [4.69, 9.17) is 0 Å². The molecule has 1 unspecified atom stereocenters. The van der Waals surface area contributed by atoms with Gasteiger partial charge in [-0.3, -0.25) is 0 Å². The first-order valence-electron chi connectivity index (χ1n) is 6.07. The molecule has 1 aliphatic heterocycles. The molecule has 1 atom stereocenters. The zero-order chi connectivity index (χ0) is 11.7. The topological polar surface area (TPSA) is 29.9 Å². The molecule has 2 aromatic rings. The van der Waals surface area contributed by atoms with E-state index in [1.165, 1.54) is 23.4 Å². The third-order valence-corrected chi connectivity index (χ3v) is 4.59. The number of thioether (sulfide) groups is 1. The first kappa shape index (κ1) is 11.0. The molecule has 0 amide bonds. The Labute approximate surface area is 106 Å². The molecule has 0 saturated carbocycles. The molecule has 2 heterocycles. The van der Waals surface area contributed by atoms with Gasteiger partial charge in [0.05, 0.1) is 11.0 Å². The second-order valence-corrected chi connectivity index (χ2v) is 5.74. The molecule has 0 bridgehead atoms. The van der Waals surface area contributed by atoms with E-state index < -0.39 is 0 Å². The van der Waals surface area contributed by atoms with Gasteiger partial charge in [-0.2, -0.15) is 11.8 Å². The van der Waals surface area contributed by atoms with Crippen LogP contribution in [0.3, 0.4) is 0 Å². The van der Waals surface area contributed by atoms with Crippen molar-refractivity contribution in [3.8, 4) is 0 Å². The summed E-state index contributed by atoms with van der Waals surface area (Å²) in [4.78, 5) is 4.62. The standard InChI is InChI=1S/C13H17N3S/c1-16-12-5-3-2-4-11(12)15-13(16)14-8-10-6-7-17-9-10/h2-5,10H,6-9H2,1H3,(H,14,15). The normalized spacial score (nSPS) is 19.9. The Morgan fingerprint density at radius 3 is 3.12 bits per heavy atom. The fourth-order valence-electron chi connectivity index (χ4n) is 2.28. The predicted molar refractivity (Wildman–Crippen MR) is 74.6 cm³/mol. The number of nitrogens with one attached hydrogen (secondary N) is 1. The SMILES string of the molecule is Cn1c(NCC2CCSC2)nc2ccccc21. The zero-order valence-electron chi connectivity index (χ0n) is 10.0. The number of hydrogen-bond donors (Lipinski definition) is 1. The number of para-hydroxylation sites is 2. The van der Waals surface area contributed by atoms with Gasteiger partial charge in [-0.05, 0) is 36.0 Å². The average Bonchev–Trinajstić information content (AvgIpc) is 2.96. The molecule has 1 aromatic heterocycles. The third-order valence-electron chi connectivity index (χ3n) is 3.36. The molecule has 4 heteroatoms. The number of anilines is 1. The summed E-state index contributed by atoms with van der Waals surface area (Å²) in [6.07, 6.45) is 1.33. The van der Waals surface area contributed by atoms with E-state index in [-0.39, 0.29) is 0 Å². The summed E-state index contributed by atoms with van der Waals surface area (Å²) in [6.45, 7) is 1.05. The summed E-state index contributed by atoms with van der Waals surface area (Å²) in [5, 5.41) is 3.48. The van der Waals surface area contributed by atoms with E-state index >= 15 is 0 Å². The van der Waals surface area contributed by atoms with E-state index in [9.17, 15) is 0 Å². The van der Waals surface area contributed by atoms with Crippen molar-refractivity contribution in [2.75, 3.05) is 23.4 Å². The molecule has 1 N–H and O–H groups in total. The Morgan fingerprint density at radius 2 is 2.35 bits per heavy atom. The van der Waals surface area contributed by atoms with Crippen LogP contribution in [0.15, 0.2) is 24.3 Å². The maximum absolute atomic E-state index is 4.62. The van der Waals surface area contributed by atoms with Crippen LogP contribution in [0.2, 0.25) is 0 Å². The van der Waals surface area contributed by atoms with Gasteiger partial charge in [0.15, 0.2) is 0 Å². The number of rotatable bonds is 3. The van der Waals surface area contributed by atoms with Gasteiger partial charge >= 0.3 is 0 Å². The summed E-state index contributed by atoms with van der Waals surface area (Å²) in [5.74, 6) is 4.40. The van der Waals surface area contributed by atoms with Crippen molar-refractivity contribution in [1.29, 1.82) is 0 Å². The number of fused-ring (bicyclic) bond motifs is 1. The minimum Gasteiger partial charge on any atom is -0.355 e. The number of imidazole rings is 1. The molecule has 1 aliphatic rings. The maximum Gasteiger partial charge on any atom is 0.203 e. The van der Waals surface area contributed by atoms with Crippen LogP contribution < -0.4 is 5.32 Å². The van der Waals surface area contributed by atoms with Crippen LogP contribution in [0.4, 0.5) is 5.95 Å². The van der Waals surface area contributed by atoms with Crippen molar-refractivity contribution in [3.63, 3.8) is 0 Å². The van der Waals surface area contributed by atoms with E-state index in [2.05, 4.69) is 51.9 Å². The fraction of sp³-hybridized carbons (Fsp3) is 0.462. The lowest BCUT2D eigenvalue weighted by molar-refractivity contribution is 0.627. The van der Waals surface area contributed by atoms with Gasteiger partial charge in [-0.1, -0.05) is 12.1 Å². The summed E-state index contributed by atoms with van der Waals surface area (Å²) in [7, 11) is 2.07. The van der Waals surface area contributed by atoms with Gasteiger partial charge in [0, 0.05) is 13.6 Å². The predicted octanol–water partition coefficient (Wildman–Crippen LogP) is 2.74. The molecule has 3 nitrogen and oxygen atoms in total. The van der Waals surface area contributed by atoms with Gasteiger partial charge in [0.1, 0.15) is 0 Å². The van der Waals surface area contributed by atoms with Gasteiger partial charge < -0.3 is 9.88 Å². The third kappa shape index (κ3) is 2.14. The first-order valence-corrected chi connectivity index (χ1v) is 7.23. The van der Waals surface area contributed by atoms with E-state index in [0.29, 0.717) is 0 Å². The quantitative estimate of drug-likeness (QED) is 0.904. The molecule has 1 aromatic carbocycles. The molecule has 0 aliphatic carbocycles. The Bertz CT molecular complexity index is 514. The number of nitrogens with zero attached hydrogens (tertiary/aromatic N) is 2. The van der Waals surface area contributed by atoms with Crippen LogP contribution >= 0.6 is 11.8 Å². The lowest BCUT2D eigenvalue weighted by Gasteiger charge is -2.10. The molecule has 1 fully saturated rings. The molecule has 0 spiro atoms. The van der Waals surface area contributed by atoms with Crippen molar-refractivity contribution in [2.24, 2.45) is 13.0 Å². The molecular weight excluding hydrogens is 230 g/mol. The Morgan fingerprint density at radius 1 is 1.47 bits per heavy atom. The fourth-order valence-corrected chi connectivity index (χ4v) is 3.57. The summed E-state index contributed by atoms with van der Waals surface area (Å²) < 4.78 is 2.14. The minimum absolute atomic E-state index is 0.805. The van der Waals surface area contributed by atoms with Crippen LogP contribution in [0.5, 0.6) is 0 Å². The Hall–Kier alpha value is -1.16. The maximum atomic E-state index is 4.62. The zero-order valence-corrected chi connectivity index (χ0v) is 10.8. The van der Waals surface area contributed by atoms with Crippen LogP contribution in [-0.4, -0.2) is 27.6 Å². The van der Waals surface area contributed by atoms with Crippen molar-refractivity contribution in [3.05, 3.63) is 24.3 Å². The lowest BCUT2D eigenvalue weighted by Crippen LogP contribution is -2.15. The highest BCUT2D eigenvalue weighted by molar-refractivity contribution is 7.99. The highest BCUT2D eigenvalue weighted by Crippen LogP contribution is 2.24. The van der Waals surface area contributed by atoms with Crippen molar-refractivity contribution >= 4 is 28.7 Å². The van der Waals surface area contributed by atoms with Crippen LogP contribution in [0, 0.1) is 5.92 Å². The Kier molecular flexibility index (Phi) is 2.97. The van der Waals surface area contributed by atoms with E-state index in [1.54, 1.807) is 0 Å². The van der Waals surface area contributed by atoms with Crippen molar-refractivity contribution in [2.45, 2.75) is 6.42 Å². The highest BCUT2D eigenvalue weighted by atomic mass is 32.2. The summed E-state index contributed by atoms with van der Waals surface area (Å²) >= 11 is 2.06. The molecule has 1 saturated heterocycles. The van der Waals surface area contributed by atoms with Crippen LogP contribution in [0.25, 0.3) is 11.0 Å². The summed E-state index contributed by atoms with van der Waals surface area (Å²) in [6, 6.07) is 8.26. The van der Waals surface area contributed by atoms with Gasteiger partial charge in [0.2, 0.25) is 5.95 Å². The van der Waals surface area contributed by atoms with Gasteiger partial charge in [-0.25, -0.2) is 4.98 Å². The molecular formula is C13H17N3S.